The maximum absolute atomic E-state index is 15.9. The van der Waals surface area contributed by atoms with Crippen LogP contribution in [0.25, 0.3) is 0 Å². The second-order valence-corrected chi connectivity index (χ2v) is 14.0. The Labute approximate surface area is 275 Å². The zero-order valence-corrected chi connectivity index (χ0v) is 28.2. The smallest absolute Gasteiger partial charge is 0.277 e. The number of hydrogen-bond donors (Lipinski definition) is 2. The number of hydrogen-bond acceptors (Lipinski definition) is 7. The van der Waals surface area contributed by atoms with Gasteiger partial charge < -0.3 is 10.2 Å². The Bertz CT molecular complexity index is 1560. The van der Waals surface area contributed by atoms with Crippen molar-refractivity contribution in [2.24, 2.45) is 5.92 Å². The second kappa shape index (κ2) is 15.7. The van der Waals surface area contributed by atoms with E-state index in [1.165, 1.54) is 6.20 Å². The third kappa shape index (κ3) is 8.85. The highest BCUT2D eigenvalue weighted by atomic mass is 127. The van der Waals surface area contributed by atoms with Crippen molar-refractivity contribution in [1.29, 1.82) is 0 Å². The van der Waals surface area contributed by atoms with Gasteiger partial charge in [-0.3, -0.25) is 14.6 Å². The van der Waals surface area contributed by atoms with Crippen molar-refractivity contribution in [3.8, 4) is 0 Å². The molecule has 1 amide bonds. The van der Waals surface area contributed by atoms with E-state index in [-0.39, 0.29) is 30.4 Å². The van der Waals surface area contributed by atoms with Gasteiger partial charge in [-0.25, -0.2) is 22.7 Å². The molecule has 1 fully saturated rings. The molecule has 1 aromatic heterocycles. The lowest BCUT2D eigenvalue weighted by molar-refractivity contribution is 0.0270. The van der Waals surface area contributed by atoms with Crippen LogP contribution in [-0.4, -0.2) is 61.3 Å². The standard InChI is InChI=1S/C30H35ClF2IN5O4S/c1-3-38(4-2)13-6-14-39(18-21-7-5-12-35-17-21)44(41,42)26-16-23(30(40)37-43-19-20-8-9-20)29(28(33)27(26)32)36-25-11-10-22(34)15-24(25)31/h5,7,10-12,15-17,20,36H,3-4,6,8-9,13-14,18-19H2,1-2H3,(H,37,40). The summed E-state index contributed by atoms with van der Waals surface area (Å²) < 4.78 is 61.7. The molecule has 238 valence electrons. The van der Waals surface area contributed by atoms with Gasteiger partial charge in [0.1, 0.15) is 4.90 Å². The molecule has 2 N–H and O–H groups in total. The number of amides is 1. The summed E-state index contributed by atoms with van der Waals surface area (Å²) in [6, 6.07) is 9.04. The average molecular weight is 762 g/mol. The Hall–Kier alpha value is -2.43. The number of benzene rings is 2. The van der Waals surface area contributed by atoms with Gasteiger partial charge in [-0.2, -0.15) is 4.31 Å². The minimum absolute atomic E-state index is 0.0269. The second-order valence-electron chi connectivity index (χ2n) is 10.4. The molecule has 44 heavy (non-hydrogen) atoms. The van der Waals surface area contributed by atoms with E-state index in [9.17, 15) is 13.2 Å². The highest BCUT2D eigenvalue weighted by Gasteiger charge is 2.34. The van der Waals surface area contributed by atoms with E-state index in [1.54, 1.807) is 36.5 Å². The molecule has 1 aliphatic carbocycles. The number of halogens is 4. The van der Waals surface area contributed by atoms with Crippen LogP contribution >= 0.6 is 34.2 Å². The molecule has 1 aliphatic rings. The first-order chi connectivity index (χ1) is 21.0. The topological polar surface area (TPSA) is 104 Å². The number of nitrogens with one attached hydrogen (secondary N) is 2. The van der Waals surface area contributed by atoms with Crippen LogP contribution in [-0.2, 0) is 21.4 Å². The van der Waals surface area contributed by atoms with Gasteiger partial charge >= 0.3 is 0 Å². The first-order valence-corrected chi connectivity index (χ1v) is 17.2. The van der Waals surface area contributed by atoms with Crippen molar-refractivity contribution < 1.29 is 26.8 Å². The Morgan fingerprint density at radius 2 is 1.89 bits per heavy atom. The molecule has 14 heteroatoms. The highest BCUT2D eigenvalue weighted by Crippen LogP contribution is 2.35. The van der Waals surface area contributed by atoms with Gasteiger partial charge in [-0.05, 0) is 103 Å². The van der Waals surface area contributed by atoms with Gasteiger partial charge in [-0.1, -0.05) is 31.5 Å². The Balaban J connectivity index is 1.75. The van der Waals surface area contributed by atoms with Gasteiger partial charge in [0.25, 0.3) is 5.91 Å². The van der Waals surface area contributed by atoms with Crippen LogP contribution in [0, 0.1) is 21.1 Å². The predicted molar refractivity (Wildman–Crippen MR) is 174 cm³/mol. The highest BCUT2D eigenvalue weighted by molar-refractivity contribution is 14.1. The fraction of sp³-hybridized carbons (Fsp3) is 0.400. The molecular weight excluding hydrogens is 727 g/mol. The van der Waals surface area contributed by atoms with Gasteiger partial charge in [0.2, 0.25) is 10.0 Å². The van der Waals surface area contributed by atoms with Crippen LogP contribution in [0.3, 0.4) is 0 Å². The number of carbonyl (C=O) groups is 1. The molecule has 0 unspecified atom stereocenters. The summed E-state index contributed by atoms with van der Waals surface area (Å²) in [5.74, 6) is -3.80. The number of carbonyl (C=O) groups excluding carboxylic acids is 1. The normalized spacial score (nSPS) is 13.5. The van der Waals surface area contributed by atoms with Crippen LogP contribution in [0.1, 0.15) is 49.0 Å². The Morgan fingerprint density at radius 3 is 2.52 bits per heavy atom. The van der Waals surface area contributed by atoms with E-state index >= 15 is 8.78 Å². The van der Waals surface area contributed by atoms with Gasteiger partial charge in [0, 0.05) is 29.1 Å². The zero-order chi connectivity index (χ0) is 31.9. The number of anilines is 2. The number of sulfonamides is 1. The quantitative estimate of drug-likeness (QED) is 0.130. The summed E-state index contributed by atoms with van der Waals surface area (Å²) >= 11 is 8.37. The van der Waals surface area contributed by atoms with Crippen molar-refractivity contribution >= 4 is 61.5 Å². The number of hydroxylamine groups is 1. The maximum Gasteiger partial charge on any atom is 0.277 e. The van der Waals surface area contributed by atoms with Gasteiger partial charge in [0.05, 0.1) is 28.6 Å². The molecule has 0 radical (unpaired) electrons. The molecule has 0 spiro atoms. The molecule has 0 saturated heterocycles. The van der Waals surface area contributed by atoms with Crippen LogP contribution < -0.4 is 10.8 Å². The minimum Gasteiger partial charge on any atom is -0.351 e. The minimum atomic E-state index is -4.65. The molecule has 3 aromatic rings. The van der Waals surface area contributed by atoms with E-state index in [0.29, 0.717) is 24.4 Å². The van der Waals surface area contributed by atoms with E-state index in [0.717, 1.165) is 39.9 Å². The summed E-state index contributed by atoms with van der Waals surface area (Å²) in [5, 5.41) is 2.88. The number of rotatable bonds is 16. The largest absolute Gasteiger partial charge is 0.351 e. The van der Waals surface area contributed by atoms with E-state index < -0.39 is 43.7 Å². The van der Waals surface area contributed by atoms with E-state index in [4.69, 9.17) is 16.4 Å². The van der Waals surface area contributed by atoms with Crippen LogP contribution in [0.4, 0.5) is 20.2 Å². The third-order valence-corrected chi connectivity index (χ3v) is 10.1. The summed E-state index contributed by atoms with van der Waals surface area (Å²) in [5.41, 5.74) is 1.98. The van der Waals surface area contributed by atoms with Crippen molar-refractivity contribution in [2.45, 2.75) is 44.6 Å². The number of nitrogens with zero attached hydrogens (tertiary/aromatic N) is 3. The molecule has 0 aliphatic heterocycles. The zero-order valence-electron chi connectivity index (χ0n) is 24.5. The summed E-state index contributed by atoms with van der Waals surface area (Å²) in [4.78, 5) is 23.8. The fourth-order valence-corrected chi connectivity index (χ4v) is 6.96. The van der Waals surface area contributed by atoms with Crippen molar-refractivity contribution in [3.63, 3.8) is 0 Å². The lowest BCUT2D eigenvalue weighted by atomic mass is 10.1. The summed E-state index contributed by atoms with van der Waals surface area (Å²) in [6.07, 6.45) is 5.43. The Morgan fingerprint density at radius 1 is 1.14 bits per heavy atom. The number of aromatic nitrogens is 1. The molecule has 9 nitrogen and oxygen atoms in total. The van der Waals surface area contributed by atoms with Crippen molar-refractivity contribution in [2.75, 3.05) is 38.1 Å². The Kier molecular flexibility index (Phi) is 12.3. The average Bonchev–Trinajstić information content (AvgIpc) is 3.83. The summed E-state index contributed by atoms with van der Waals surface area (Å²) in [7, 11) is -4.65. The van der Waals surface area contributed by atoms with E-state index in [1.807, 2.05) is 36.4 Å². The fourth-order valence-electron chi connectivity index (χ4n) is 4.51. The van der Waals surface area contributed by atoms with Crippen molar-refractivity contribution in [3.05, 3.63) is 80.1 Å². The molecule has 1 saturated carbocycles. The van der Waals surface area contributed by atoms with Crippen molar-refractivity contribution in [1.82, 2.24) is 19.7 Å². The molecule has 0 bridgehead atoms. The maximum atomic E-state index is 15.9. The third-order valence-electron chi connectivity index (χ3n) is 7.27. The van der Waals surface area contributed by atoms with Crippen LogP contribution in [0.15, 0.2) is 53.7 Å². The SMILES string of the molecule is CCN(CC)CCCN(Cc1cccnc1)S(=O)(=O)c1cc(C(=O)NOCC2CC2)c(Nc2ccc(I)cc2Cl)c(F)c1F. The van der Waals surface area contributed by atoms with Gasteiger partial charge in [-0.15, -0.1) is 0 Å². The molecule has 2 aromatic carbocycles. The number of pyridine rings is 1. The van der Waals surface area contributed by atoms with E-state index in [2.05, 4.69) is 20.7 Å². The molecule has 1 heterocycles. The van der Waals surface area contributed by atoms with Gasteiger partial charge in [0.15, 0.2) is 11.6 Å². The summed E-state index contributed by atoms with van der Waals surface area (Å²) in [6.45, 7) is 6.33. The molecular formula is C30H35ClF2IN5O4S. The van der Waals surface area contributed by atoms with Crippen LogP contribution in [0.5, 0.6) is 0 Å². The monoisotopic (exact) mass is 761 g/mol. The molecule has 0 atom stereocenters. The van der Waals surface area contributed by atoms with Crippen LogP contribution in [0.2, 0.25) is 5.02 Å². The molecule has 4 rings (SSSR count). The lowest BCUT2D eigenvalue weighted by Gasteiger charge is -2.25. The predicted octanol–water partition coefficient (Wildman–Crippen LogP) is 6.36. The first-order valence-electron chi connectivity index (χ1n) is 14.3. The first kappa shape index (κ1) is 34.4. The lowest BCUT2D eigenvalue weighted by Crippen LogP contribution is -2.35.